The number of thiophene rings is 1. The van der Waals surface area contributed by atoms with E-state index in [1.807, 2.05) is 24.6 Å². The van der Waals surface area contributed by atoms with Crippen LogP contribution in [0.5, 0.6) is 0 Å². The molecule has 1 fully saturated rings. The first-order valence-corrected chi connectivity index (χ1v) is 11.2. The van der Waals surface area contributed by atoms with Gasteiger partial charge in [-0.3, -0.25) is 4.99 Å². The van der Waals surface area contributed by atoms with Gasteiger partial charge in [-0.2, -0.15) is 0 Å². The highest BCUT2D eigenvalue weighted by atomic mass is 32.1. The van der Waals surface area contributed by atoms with Crippen molar-refractivity contribution >= 4 is 23.1 Å². The quantitative estimate of drug-likeness (QED) is 0.566. The maximum Gasteiger partial charge on any atom is 0.191 e. The normalized spacial score (nSPS) is 16.5. The Hall–Kier alpha value is -2.08. The number of aliphatic imine (C=N–C) groups is 1. The first-order valence-electron chi connectivity index (χ1n) is 10.4. The third-order valence-electron chi connectivity index (χ3n) is 5.11. The molecule has 0 saturated carbocycles. The second kappa shape index (κ2) is 10.5. The molecule has 1 aliphatic rings. The Balaban J connectivity index is 1.47. The molecule has 3 rings (SSSR count). The van der Waals surface area contributed by atoms with Crippen LogP contribution in [0.4, 0.5) is 5.82 Å². The van der Waals surface area contributed by atoms with Crippen LogP contribution in [-0.2, 0) is 13.0 Å². The second-order valence-electron chi connectivity index (χ2n) is 7.61. The van der Waals surface area contributed by atoms with Gasteiger partial charge in [-0.15, -0.1) is 11.3 Å². The van der Waals surface area contributed by atoms with Crippen LogP contribution in [0.2, 0.25) is 0 Å². The van der Waals surface area contributed by atoms with Crippen molar-refractivity contribution in [2.75, 3.05) is 25.0 Å². The van der Waals surface area contributed by atoms with E-state index in [-0.39, 0.29) is 0 Å². The monoisotopic (exact) mass is 399 g/mol. The number of pyridine rings is 1. The molecule has 1 unspecified atom stereocenters. The fraction of sp³-hybridized carbons (Fsp3) is 0.545. The number of rotatable bonds is 6. The van der Waals surface area contributed by atoms with Crippen LogP contribution in [0.3, 0.4) is 0 Å². The van der Waals surface area contributed by atoms with Crippen LogP contribution >= 0.6 is 11.3 Å². The third kappa shape index (κ3) is 6.23. The van der Waals surface area contributed by atoms with Gasteiger partial charge >= 0.3 is 0 Å². The van der Waals surface area contributed by atoms with Crippen molar-refractivity contribution in [3.05, 3.63) is 45.8 Å². The summed E-state index contributed by atoms with van der Waals surface area (Å²) >= 11 is 1.86. The molecule has 5 nitrogen and oxygen atoms in total. The lowest BCUT2D eigenvalue weighted by Crippen LogP contribution is -2.42. The molecule has 28 heavy (non-hydrogen) atoms. The molecule has 152 valence electrons. The van der Waals surface area contributed by atoms with E-state index >= 15 is 0 Å². The van der Waals surface area contributed by atoms with Crippen molar-refractivity contribution < 1.29 is 0 Å². The molecule has 0 aliphatic carbocycles. The summed E-state index contributed by atoms with van der Waals surface area (Å²) < 4.78 is 0. The number of aryl methyl sites for hydroxylation is 1. The first kappa shape index (κ1) is 20.6. The largest absolute Gasteiger partial charge is 0.357 e. The minimum Gasteiger partial charge on any atom is -0.357 e. The zero-order chi connectivity index (χ0) is 19.8. The van der Waals surface area contributed by atoms with Crippen molar-refractivity contribution in [2.45, 2.75) is 58.5 Å². The number of anilines is 1. The summed E-state index contributed by atoms with van der Waals surface area (Å²) in [5.74, 6) is 1.94. The molecule has 0 radical (unpaired) electrons. The molecular weight excluding hydrogens is 366 g/mol. The summed E-state index contributed by atoms with van der Waals surface area (Å²) in [7, 11) is 1.82. The molecule has 0 aromatic carbocycles. The molecule has 3 heterocycles. The van der Waals surface area contributed by atoms with Crippen molar-refractivity contribution in [3.63, 3.8) is 0 Å². The summed E-state index contributed by atoms with van der Waals surface area (Å²) in [4.78, 5) is 14.2. The van der Waals surface area contributed by atoms with Crippen molar-refractivity contribution in [2.24, 2.45) is 4.99 Å². The van der Waals surface area contributed by atoms with E-state index in [4.69, 9.17) is 4.98 Å². The Morgan fingerprint density at radius 3 is 2.57 bits per heavy atom. The highest BCUT2D eigenvalue weighted by molar-refractivity contribution is 7.11. The van der Waals surface area contributed by atoms with Gasteiger partial charge in [0.15, 0.2) is 5.96 Å². The number of guanidine groups is 1. The zero-order valence-electron chi connectivity index (χ0n) is 17.4. The van der Waals surface area contributed by atoms with Crippen molar-refractivity contribution in [1.29, 1.82) is 0 Å². The molecule has 1 aliphatic heterocycles. The van der Waals surface area contributed by atoms with Crippen LogP contribution in [0.1, 0.15) is 47.9 Å². The summed E-state index contributed by atoms with van der Waals surface area (Å²) in [6, 6.07) is 9.05. The van der Waals surface area contributed by atoms with E-state index in [1.165, 1.54) is 41.0 Å². The van der Waals surface area contributed by atoms with E-state index in [0.717, 1.165) is 37.8 Å². The number of hydrogen-bond donors (Lipinski definition) is 2. The van der Waals surface area contributed by atoms with E-state index in [0.29, 0.717) is 6.04 Å². The Labute approximate surface area is 173 Å². The Kier molecular flexibility index (Phi) is 7.71. The maximum atomic E-state index is 4.69. The van der Waals surface area contributed by atoms with Gasteiger partial charge in [-0.1, -0.05) is 18.9 Å². The van der Waals surface area contributed by atoms with Crippen molar-refractivity contribution in [1.82, 2.24) is 15.6 Å². The molecular formula is C22H33N5S. The lowest BCUT2D eigenvalue weighted by Gasteiger charge is -2.21. The van der Waals surface area contributed by atoms with Crippen LogP contribution in [0, 0.1) is 6.92 Å². The first-order chi connectivity index (χ1) is 13.6. The second-order valence-corrected chi connectivity index (χ2v) is 8.99. The van der Waals surface area contributed by atoms with Gasteiger partial charge in [0.2, 0.25) is 0 Å². The number of hydrogen-bond acceptors (Lipinski definition) is 4. The molecule has 0 amide bonds. The minimum atomic E-state index is 0.327. The van der Waals surface area contributed by atoms with Crippen LogP contribution in [0.25, 0.3) is 0 Å². The number of aromatic nitrogens is 1. The van der Waals surface area contributed by atoms with Gasteiger partial charge in [0.1, 0.15) is 5.82 Å². The van der Waals surface area contributed by atoms with Crippen LogP contribution in [0.15, 0.2) is 35.5 Å². The molecule has 1 saturated heterocycles. The molecule has 0 bridgehead atoms. The fourth-order valence-corrected chi connectivity index (χ4v) is 4.59. The summed E-state index contributed by atoms with van der Waals surface area (Å²) in [6.45, 7) is 7.32. The third-order valence-corrected chi connectivity index (χ3v) is 6.13. The summed E-state index contributed by atoms with van der Waals surface area (Å²) in [5.41, 5.74) is 1.17. The van der Waals surface area contributed by atoms with Crippen molar-refractivity contribution in [3.8, 4) is 0 Å². The predicted molar refractivity (Wildman–Crippen MR) is 120 cm³/mol. The smallest absolute Gasteiger partial charge is 0.191 e. The Morgan fingerprint density at radius 2 is 1.96 bits per heavy atom. The molecule has 0 spiro atoms. The van der Waals surface area contributed by atoms with Gasteiger partial charge in [0.25, 0.3) is 0 Å². The van der Waals surface area contributed by atoms with Crippen LogP contribution in [-0.4, -0.2) is 37.1 Å². The highest BCUT2D eigenvalue weighted by Crippen LogP contribution is 2.18. The highest BCUT2D eigenvalue weighted by Gasteiger charge is 2.11. The van der Waals surface area contributed by atoms with Gasteiger partial charge < -0.3 is 15.5 Å². The number of nitrogens with one attached hydrogen (secondary N) is 2. The maximum absolute atomic E-state index is 4.69. The van der Waals surface area contributed by atoms with Gasteiger partial charge in [0, 0.05) is 55.1 Å². The van der Waals surface area contributed by atoms with E-state index < -0.39 is 0 Å². The molecule has 6 heteroatoms. The Morgan fingerprint density at radius 1 is 1.18 bits per heavy atom. The number of nitrogens with zero attached hydrogens (tertiary/aromatic N) is 3. The van der Waals surface area contributed by atoms with Crippen LogP contribution < -0.4 is 15.5 Å². The lowest BCUT2D eigenvalue weighted by molar-refractivity contribution is 0.644. The summed E-state index contributed by atoms with van der Waals surface area (Å²) in [6.07, 6.45) is 8.22. The molecule has 2 aromatic rings. The van der Waals surface area contributed by atoms with Gasteiger partial charge in [-0.05, 0) is 50.5 Å². The van der Waals surface area contributed by atoms with Gasteiger partial charge in [-0.25, -0.2) is 4.98 Å². The fourth-order valence-electron chi connectivity index (χ4n) is 3.57. The van der Waals surface area contributed by atoms with E-state index in [1.54, 1.807) is 0 Å². The molecule has 2 aromatic heterocycles. The Bertz CT molecular complexity index is 745. The summed E-state index contributed by atoms with van der Waals surface area (Å²) in [5, 5.41) is 6.89. The molecule has 2 N–H and O–H groups in total. The molecule has 1 atom stereocenters. The topological polar surface area (TPSA) is 52.6 Å². The predicted octanol–water partition coefficient (Wildman–Crippen LogP) is 4.13. The average molecular weight is 400 g/mol. The lowest BCUT2D eigenvalue weighted by atomic mass is 10.2. The average Bonchev–Trinajstić information content (AvgIpc) is 2.94. The standard InChI is InChI=1S/C22H33N5S/c1-17(14-20-10-8-18(2)28-20)26-22(23-3)25-16-19-9-11-21(24-15-19)27-12-6-4-5-7-13-27/h8-11,15,17H,4-7,12-14,16H2,1-3H3,(H2,23,25,26). The van der Waals surface area contributed by atoms with Gasteiger partial charge in [0.05, 0.1) is 0 Å². The minimum absolute atomic E-state index is 0.327. The SMILES string of the molecule is CN=C(NCc1ccc(N2CCCCCC2)nc1)NC(C)Cc1ccc(C)s1. The van der Waals surface area contributed by atoms with E-state index in [9.17, 15) is 0 Å². The van der Waals surface area contributed by atoms with E-state index in [2.05, 4.69) is 58.6 Å². The zero-order valence-corrected chi connectivity index (χ0v) is 18.2.